The van der Waals surface area contributed by atoms with E-state index in [0.29, 0.717) is 26.8 Å². The summed E-state index contributed by atoms with van der Waals surface area (Å²) in [5, 5.41) is 25.7. The maximum absolute atomic E-state index is 10.8. The average molecular weight is 396 g/mol. The average Bonchev–Trinajstić information content (AvgIpc) is 2.97. The third kappa shape index (κ3) is 3.15. The summed E-state index contributed by atoms with van der Waals surface area (Å²) in [5.74, 6) is 0.327. The van der Waals surface area contributed by atoms with Crippen molar-refractivity contribution >= 4 is 44.9 Å². The van der Waals surface area contributed by atoms with E-state index in [1.807, 2.05) is 6.07 Å². The van der Waals surface area contributed by atoms with Crippen molar-refractivity contribution < 1.29 is 4.92 Å². The molecule has 0 radical (unpaired) electrons. The van der Waals surface area contributed by atoms with Crippen LogP contribution in [0.5, 0.6) is 0 Å². The number of halogens is 2. The summed E-state index contributed by atoms with van der Waals surface area (Å²) in [6, 6.07) is 11.5. The van der Waals surface area contributed by atoms with Gasteiger partial charge in [0.05, 0.1) is 21.3 Å². The molecule has 3 aromatic rings. The van der Waals surface area contributed by atoms with Gasteiger partial charge in [0.2, 0.25) is 0 Å². The van der Waals surface area contributed by atoms with E-state index in [2.05, 4.69) is 36.8 Å². The molecule has 1 N–H and O–H groups in total. The molecule has 3 rings (SSSR count). The molecule has 0 aliphatic rings. The van der Waals surface area contributed by atoms with Crippen LogP contribution >= 0.6 is 27.5 Å². The van der Waals surface area contributed by atoms with Crippen LogP contribution in [-0.4, -0.2) is 25.1 Å². The quantitative estimate of drug-likeness (QED) is 0.534. The molecule has 10 heteroatoms. The lowest BCUT2D eigenvalue weighted by Crippen LogP contribution is -2.04. The molecule has 0 saturated carbocycles. The van der Waals surface area contributed by atoms with Crippen molar-refractivity contribution in [2.24, 2.45) is 0 Å². The van der Waals surface area contributed by atoms with E-state index < -0.39 is 4.92 Å². The Morgan fingerprint density at radius 3 is 2.74 bits per heavy atom. The van der Waals surface area contributed by atoms with Crippen molar-refractivity contribution in [1.82, 2.24) is 20.2 Å². The lowest BCUT2D eigenvalue weighted by Gasteiger charge is -2.09. The van der Waals surface area contributed by atoms with Gasteiger partial charge in [-0.3, -0.25) is 10.1 Å². The zero-order chi connectivity index (χ0) is 16.4. The van der Waals surface area contributed by atoms with Crippen LogP contribution in [0.25, 0.3) is 5.69 Å². The fourth-order valence-electron chi connectivity index (χ4n) is 1.89. The number of rotatable bonds is 4. The van der Waals surface area contributed by atoms with Crippen LogP contribution in [0.2, 0.25) is 5.02 Å². The molecule has 0 amide bonds. The van der Waals surface area contributed by atoms with Crippen LogP contribution in [0.3, 0.4) is 0 Å². The lowest BCUT2D eigenvalue weighted by molar-refractivity contribution is -0.384. The second-order valence-electron chi connectivity index (χ2n) is 4.41. The maximum Gasteiger partial charge on any atom is 0.270 e. The van der Waals surface area contributed by atoms with Gasteiger partial charge in [-0.25, -0.2) is 0 Å². The van der Waals surface area contributed by atoms with Crippen LogP contribution in [0, 0.1) is 10.1 Å². The summed E-state index contributed by atoms with van der Waals surface area (Å²) in [7, 11) is 0. The largest absolute Gasteiger partial charge is 0.322 e. The molecule has 2 aromatic carbocycles. The molecule has 0 atom stereocenters. The highest BCUT2D eigenvalue weighted by Crippen LogP contribution is 2.30. The number of para-hydroxylation sites is 1. The van der Waals surface area contributed by atoms with Gasteiger partial charge in [-0.05, 0) is 44.6 Å². The Bertz CT molecular complexity index is 884. The standard InChI is InChI=1S/C13H8BrClN6O2/c14-9-7-8(21(22)23)5-6-11(9)16-13-17-18-19-20(13)12-4-2-1-3-10(12)15/h1-7H,(H,16,17,19). The van der Waals surface area contributed by atoms with E-state index in [0.717, 1.165) is 0 Å². The molecule has 0 fully saturated rings. The van der Waals surface area contributed by atoms with Crippen LogP contribution in [-0.2, 0) is 0 Å². The summed E-state index contributed by atoms with van der Waals surface area (Å²) in [5.41, 5.74) is 1.17. The van der Waals surface area contributed by atoms with Crippen molar-refractivity contribution in [3.05, 3.63) is 62.1 Å². The number of hydrogen-bond acceptors (Lipinski definition) is 6. The minimum Gasteiger partial charge on any atom is -0.322 e. The van der Waals surface area contributed by atoms with E-state index in [9.17, 15) is 10.1 Å². The smallest absolute Gasteiger partial charge is 0.270 e. The van der Waals surface area contributed by atoms with E-state index in [4.69, 9.17) is 11.6 Å². The maximum atomic E-state index is 10.8. The van der Waals surface area contributed by atoms with Crippen molar-refractivity contribution in [3.63, 3.8) is 0 Å². The first kappa shape index (κ1) is 15.4. The summed E-state index contributed by atoms with van der Waals surface area (Å²) in [6.07, 6.45) is 0. The van der Waals surface area contributed by atoms with Crippen LogP contribution in [0.1, 0.15) is 0 Å². The molecule has 1 aromatic heterocycles. The molecule has 8 nitrogen and oxygen atoms in total. The first-order chi connectivity index (χ1) is 11.1. The van der Waals surface area contributed by atoms with E-state index >= 15 is 0 Å². The number of aromatic nitrogens is 4. The molecule has 23 heavy (non-hydrogen) atoms. The van der Waals surface area contributed by atoms with Crippen molar-refractivity contribution in [1.29, 1.82) is 0 Å². The molecular formula is C13H8BrClN6O2. The van der Waals surface area contributed by atoms with Gasteiger partial charge in [0.25, 0.3) is 11.6 Å². The summed E-state index contributed by atoms with van der Waals surface area (Å²) in [6.45, 7) is 0. The van der Waals surface area contributed by atoms with Crippen molar-refractivity contribution in [2.75, 3.05) is 5.32 Å². The number of tetrazole rings is 1. The predicted molar refractivity (Wildman–Crippen MR) is 88.2 cm³/mol. The number of nitro benzene ring substituents is 1. The summed E-state index contributed by atoms with van der Waals surface area (Å²) >= 11 is 9.43. The van der Waals surface area contributed by atoms with Gasteiger partial charge in [0.15, 0.2) is 0 Å². The molecule has 0 saturated heterocycles. The molecule has 116 valence electrons. The van der Waals surface area contributed by atoms with Gasteiger partial charge in [0, 0.05) is 16.6 Å². The number of nitro groups is 1. The highest BCUT2D eigenvalue weighted by molar-refractivity contribution is 9.10. The Morgan fingerprint density at radius 2 is 2.04 bits per heavy atom. The first-order valence-corrected chi connectivity index (χ1v) is 7.47. The molecule has 0 aliphatic heterocycles. The fraction of sp³-hybridized carbons (Fsp3) is 0. The van der Waals surface area contributed by atoms with Crippen LogP contribution in [0.4, 0.5) is 17.3 Å². The Morgan fingerprint density at radius 1 is 1.26 bits per heavy atom. The Labute approximate surface area is 143 Å². The summed E-state index contributed by atoms with van der Waals surface area (Å²) in [4.78, 5) is 10.3. The Balaban J connectivity index is 1.95. The van der Waals surface area contributed by atoms with Crippen molar-refractivity contribution in [2.45, 2.75) is 0 Å². The minimum atomic E-state index is -0.470. The van der Waals surface area contributed by atoms with Gasteiger partial charge in [-0.2, -0.15) is 4.68 Å². The molecule has 0 unspecified atom stereocenters. The van der Waals surface area contributed by atoms with Crippen LogP contribution < -0.4 is 5.32 Å². The third-order valence-electron chi connectivity index (χ3n) is 2.96. The molecule has 0 bridgehead atoms. The topological polar surface area (TPSA) is 98.8 Å². The zero-order valence-corrected chi connectivity index (χ0v) is 13.7. The molecular weight excluding hydrogens is 388 g/mol. The monoisotopic (exact) mass is 394 g/mol. The molecule has 1 heterocycles. The number of hydrogen-bond donors (Lipinski definition) is 1. The van der Waals surface area contributed by atoms with Crippen molar-refractivity contribution in [3.8, 4) is 5.69 Å². The highest BCUT2D eigenvalue weighted by atomic mass is 79.9. The number of nitrogens with one attached hydrogen (secondary N) is 1. The predicted octanol–water partition coefficient (Wildman–Crippen LogP) is 3.73. The fourth-order valence-corrected chi connectivity index (χ4v) is 2.57. The molecule has 0 spiro atoms. The SMILES string of the molecule is O=[N+]([O-])c1ccc(Nc2nnnn2-c2ccccc2Cl)c(Br)c1. The second kappa shape index (κ2) is 6.31. The van der Waals surface area contributed by atoms with Gasteiger partial charge < -0.3 is 5.32 Å². The summed E-state index contributed by atoms with van der Waals surface area (Å²) < 4.78 is 1.95. The third-order valence-corrected chi connectivity index (χ3v) is 3.94. The number of benzene rings is 2. The van der Waals surface area contributed by atoms with E-state index in [1.54, 1.807) is 24.3 Å². The number of anilines is 2. The molecule has 0 aliphatic carbocycles. The zero-order valence-electron chi connectivity index (χ0n) is 11.3. The number of non-ortho nitro benzene ring substituents is 1. The first-order valence-electron chi connectivity index (χ1n) is 6.30. The highest BCUT2D eigenvalue weighted by Gasteiger charge is 2.14. The Hall–Kier alpha value is -2.52. The normalized spacial score (nSPS) is 10.5. The van der Waals surface area contributed by atoms with Gasteiger partial charge in [-0.15, -0.1) is 0 Å². The minimum absolute atomic E-state index is 0.0203. The van der Waals surface area contributed by atoms with Crippen LogP contribution in [0.15, 0.2) is 46.9 Å². The number of nitrogens with zero attached hydrogens (tertiary/aromatic N) is 5. The van der Waals surface area contributed by atoms with Gasteiger partial charge >= 0.3 is 0 Å². The Kier molecular flexibility index (Phi) is 4.22. The van der Waals surface area contributed by atoms with Gasteiger partial charge in [0.1, 0.15) is 0 Å². The van der Waals surface area contributed by atoms with E-state index in [-0.39, 0.29) is 5.69 Å². The van der Waals surface area contributed by atoms with E-state index in [1.165, 1.54) is 16.8 Å². The lowest BCUT2D eigenvalue weighted by atomic mass is 10.3. The van der Waals surface area contributed by atoms with Gasteiger partial charge in [-0.1, -0.05) is 28.8 Å². The second-order valence-corrected chi connectivity index (χ2v) is 5.67.